The fourth-order valence-corrected chi connectivity index (χ4v) is 2.30. The van der Waals surface area contributed by atoms with Gasteiger partial charge in [-0.15, -0.1) is 0 Å². The van der Waals surface area contributed by atoms with E-state index in [-0.39, 0.29) is 22.7 Å². The first-order valence-electron chi connectivity index (χ1n) is 6.55. The van der Waals surface area contributed by atoms with Crippen LogP contribution >= 0.6 is 12.2 Å². The highest BCUT2D eigenvalue weighted by Gasteiger charge is 2.24. The van der Waals surface area contributed by atoms with E-state index in [1.54, 1.807) is 12.5 Å². The van der Waals surface area contributed by atoms with Crippen LogP contribution in [-0.2, 0) is 11.3 Å². The van der Waals surface area contributed by atoms with Gasteiger partial charge in [-0.3, -0.25) is 4.79 Å². The minimum Gasteiger partial charge on any atom is -0.393 e. The Balaban J connectivity index is 2.21. The molecule has 1 unspecified atom stereocenters. The molecule has 0 aliphatic heterocycles. The van der Waals surface area contributed by atoms with Crippen molar-refractivity contribution in [1.82, 2.24) is 14.9 Å². The third-order valence-corrected chi connectivity index (χ3v) is 3.21. The lowest BCUT2D eigenvalue weighted by Crippen LogP contribution is -2.41. The van der Waals surface area contributed by atoms with E-state index in [0.717, 1.165) is 19.4 Å². The summed E-state index contributed by atoms with van der Waals surface area (Å²) in [5.41, 5.74) is 5.59. The van der Waals surface area contributed by atoms with Gasteiger partial charge < -0.3 is 15.6 Å². The summed E-state index contributed by atoms with van der Waals surface area (Å²) in [6.45, 7) is 5.46. The van der Waals surface area contributed by atoms with Gasteiger partial charge in [-0.2, -0.15) is 0 Å². The second-order valence-electron chi connectivity index (χ2n) is 4.92. The third-order valence-electron chi connectivity index (χ3n) is 2.96. The summed E-state index contributed by atoms with van der Waals surface area (Å²) in [5, 5.41) is 2.89. The molecule has 0 saturated carbocycles. The quantitative estimate of drug-likeness (QED) is 0.557. The summed E-state index contributed by atoms with van der Waals surface area (Å²) in [6, 6.07) is 0. The van der Waals surface area contributed by atoms with Gasteiger partial charge in [0, 0.05) is 25.5 Å². The summed E-state index contributed by atoms with van der Waals surface area (Å²) in [6.07, 6.45) is 7.40. The molecule has 1 amide bonds. The van der Waals surface area contributed by atoms with Crippen molar-refractivity contribution in [3.05, 3.63) is 18.7 Å². The number of aromatic nitrogens is 2. The van der Waals surface area contributed by atoms with E-state index in [1.807, 2.05) is 24.6 Å². The molecule has 0 aromatic carbocycles. The van der Waals surface area contributed by atoms with E-state index in [2.05, 4.69) is 10.3 Å². The maximum absolute atomic E-state index is 11.9. The van der Waals surface area contributed by atoms with Crippen molar-refractivity contribution >= 4 is 23.1 Å². The van der Waals surface area contributed by atoms with Crippen LogP contribution in [0.15, 0.2) is 18.7 Å². The van der Waals surface area contributed by atoms with Crippen LogP contribution in [0.25, 0.3) is 0 Å². The standard InChI is InChI=1S/C13H22N4OS/c1-10(2)11(12(14)19)13(18)16-5-3-4-7-17-8-6-15-9-17/h6,8-11H,3-5,7H2,1-2H3,(H2,14,19)(H,16,18). The van der Waals surface area contributed by atoms with Gasteiger partial charge in [0.1, 0.15) is 0 Å². The number of carbonyl (C=O) groups excluding carboxylic acids is 1. The van der Waals surface area contributed by atoms with Gasteiger partial charge in [-0.25, -0.2) is 4.98 Å². The smallest absolute Gasteiger partial charge is 0.230 e. The number of carbonyl (C=O) groups is 1. The maximum atomic E-state index is 11.9. The molecule has 1 rings (SSSR count). The number of hydrogen-bond acceptors (Lipinski definition) is 3. The number of nitrogens with zero attached hydrogens (tertiary/aromatic N) is 2. The highest BCUT2D eigenvalue weighted by Crippen LogP contribution is 2.11. The predicted molar refractivity (Wildman–Crippen MR) is 79.6 cm³/mol. The highest BCUT2D eigenvalue weighted by molar-refractivity contribution is 7.80. The zero-order valence-corrected chi connectivity index (χ0v) is 12.3. The van der Waals surface area contributed by atoms with Crippen LogP contribution in [0.5, 0.6) is 0 Å². The molecule has 0 fully saturated rings. The third kappa shape index (κ3) is 5.38. The number of imidazole rings is 1. The average Bonchev–Trinajstić information content (AvgIpc) is 2.80. The first-order chi connectivity index (χ1) is 9.02. The number of hydrogen-bond donors (Lipinski definition) is 2. The molecule has 106 valence electrons. The molecule has 0 bridgehead atoms. The molecule has 0 aliphatic rings. The number of unbranched alkanes of at least 4 members (excludes halogenated alkanes) is 1. The molecular formula is C13H22N4OS. The first-order valence-corrected chi connectivity index (χ1v) is 6.96. The molecule has 1 aromatic heterocycles. The van der Waals surface area contributed by atoms with E-state index in [0.29, 0.717) is 6.54 Å². The van der Waals surface area contributed by atoms with E-state index in [1.165, 1.54) is 0 Å². The average molecular weight is 282 g/mol. The Morgan fingerprint density at radius 3 is 2.74 bits per heavy atom. The lowest BCUT2D eigenvalue weighted by molar-refractivity contribution is -0.123. The van der Waals surface area contributed by atoms with Crippen molar-refractivity contribution in [2.45, 2.75) is 33.2 Å². The number of thiocarbonyl (C=S) groups is 1. The van der Waals surface area contributed by atoms with Crippen LogP contribution in [-0.4, -0.2) is 27.0 Å². The lowest BCUT2D eigenvalue weighted by atomic mass is 9.95. The molecule has 0 spiro atoms. The van der Waals surface area contributed by atoms with Gasteiger partial charge in [0.25, 0.3) is 0 Å². The number of nitrogens with one attached hydrogen (secondary N) is 1. The van der Waals surface area contributed by atoms with E-state index in [4.69, 9.17) is 18.0 Å². The molecule has 5 nitrogen and oxygen atoms in total. The van der Waals surface area contributed by atoms with E-state index in [9.17, 15) is 4.79 Å². The second kappa shape index (κ2) is 7.89. The zero-order valence-electron chi connectivity index (χ0n) is 11.5. The molecule has 1 heterocycles. The fourth-order valence-electron chi connectivity index (χ4n) is 1.92. The molecular weight excluding hydrogens is 260 g/mol. The Morgan fingerprint density at radius 1 is 1.47 bits per heavy atom. The molecule has 1 atom stereocenters. The normalized spacial score (nSPS) is 12.4. The summed E-state index contributed by atoms with van der Waals surface area (Å²) in [5.74, 6) is -0.308. The molecule has 0 saturated heterocycles. The topological polar surface area (TPSA) is 72.9 Å². The van der Waals surface area contributed by atoms with E-state index < -0.39 is 0 Å². The Hall–Kier alpha value is -1.43. The van der Waals surface area contributed by atoms with Crippen molar-refractivity contribution in [3.8, 4) is 0 Å². The second-order valence-corrected chi connectivity index (χ2v) is 5.39. The van der Waals surface area contributed by atoms with Crippen LogP contribution < -0.4 is 11.1 Å². The Kier molecular flexibility index (Phi) is 6.49. The Labute approximate surface area is 119 Å². The maximum Gasteiger partial charge on any atom is 0.230 e. The van der Waals surface area contributed by atoms with Crippen LogP contribution in [0.2, 0.25) is 0 Å². The van der Waals surface area contributed by atoms with E-state index >= 15 is 0 Å². The van der Waals surface area contributed by atoms with Gasteiger partial charge in [-0.1, -0.05) is 26.1 Å². The minimum atomic E-state index is -0.372. The summed E-state index contributed by atoms with van der Waals surface area (Å²) >= 11 is 4.93. The van der Waals surface area contributed by atoms with Gasteiger partial charge >= 0.3 is 0 Å². The number of rotatable bonds is 8. The number of amides is 1. The number of nitrogens with two attached hydrogens (primary N) is 1. The van der Waals surface area contributed by atoms with Crippen molar-refractivity contribution in [2.24, 2.45) is 17.6 Å². The van der Waals surface area contributed by atoms with Crippen LogP contribution in [0.3, 0.4) is 0 Å². The Morgan fingerprint density at radius 2 is 2.21 bits per heavy atom. The van der Waals surface area contributed by atoms with Crippen molar-refractivity contribution in [2.75, 3.05) is 6.54 Å². The largest absolute Gasteiger partial charge is 0.393 e. The van der Waals surface area contributed by atoms with Crippen molar-refractivity contribution in [3.63, 3.8) is 0 Å². The monoisotopic (exact) mass is 282 g/mol. The van der Waals surface area contributed by atoms with Gasteiger partial charge in [0.05, 0.1) is 17.2 Å². The van der Waals surface area contributed by atoms with Gasteiger partial charge in [-0.05, 0) is 18.8 Å². The predicted octanol–water partition coefficient (Wildman–Crippen LogP) is 1.34. The minimum absolute atomic E-state index is 0.0647. The van der Waals surface area contributed by atoms with Gasteiger partial charge in [0.2, 0.25) is 5.91 Å². The Bertz CT molecular complexity index is 403. The lowest BCUT2D eigenvalue weighted by Gasteiger charge is -2.18. The molecule has 3 N–H and O–H groups in total. The van der Waals surface area contributed by atoms with Crippen LogP contribution in [0.4, 0.5) is 0 Å². The van der Waals surface area contributed by atoms with Gasteiger partial charge in [0.15, 0.2) is 0 Å². The summed E-state index contributed by atoms with van der Waals surface area (Å²) in [7, 11) is 0. The van der Waals surface area contributed by atoms with Crippen molar-refractivity contribution < 1.29 is 4.79 Å². The number of aryl methyl sites for hydroxylation is 1. The molecule has 0 aliphatic carbocycles. The molecule has 6 heteroatoms. The first kappa shape index (κ1) is 15.6. The SMILES string of the molecule is CC(C)C(C(=O)NCCCCn1ccnc1)C(N)=S. The van der Waals surface area contributed by atoms with Crippen LogP contribution in [0, 0.1) is 11.8 Å². The zero-order chi connectivity index (χ0) is 14.3. The molecule has 0 radical (unpaired) electrons. The summed E-state index contributed by atoms with van der Waals surface area (Å²) < 4.78 is 2.02. The molecule has 19 heavy (non-hydrogen) atoms. The van der Waals surface area contributed by atoms with Crippen LogP contribution in [0.1, 0.15) is 26.7 Å². The highest BCUT2D eigenvalue weighted by atomic mass is 32.1. The molecule has 1 aromatic rings. The van der Waals surface area contributed by atoms with Crippen molar-refractivity contribution in [1.29, 1.82) is 0 Å². The fraction of sp³-hybridized carbons (Fsp3) is 0.615. The summed E-state index contributed by atoms with van der Waals surface area (Å²) in [4.78, 5) is 16.2.